The van der Waals surface area contributed by atoms with Crippen molar-refractivity contribution in [1.29, 1.82) is 0 Å². The number of ether oxygens (including phenoxy) is 2. The predicted octanol–water partition coefficient (Wildman–Crippen LogP) is 3.13. The lowest BCUT2D eigenvalue weighted by Gasteiger charge is -2.13. The van der Waals surface area contributed by atoms with Crippen molar-refractivity contribution in [3.05, 3.63) is 23.8 Å². The monoisotopic (exact) mass is 226 g/mol. The Kier molecular flexibility index (Phi) is 4.82. The summed E-state index contributed by atoms with van der Waals surface area (Å²) in [4.78, 5) is 0. The van der Waals surface area contributed by atoms with Gasteiger partial charge in [0.15, 0.2) is 11.5 Å². The van der Waals surface area contributed by atoms with Crippen LogP contribution in [0.5, 0.6) is 11.5 Å². The minimum Gasteiger partial charge on any atom is -0.493 e. The minimum atomic E-state index is 0.502. The van der Waals surface area contributed by atoms with Crippen molar-refractivity contribution in [2.75, 3.05) is 20.0 Å². The highest BCUT2D eigenvalue weighted by atomic mass is 32.1. The highest BCUT2D eigenvalue weighted by Gasteiger charge is 2.09. The van der Waals surface area contributed by atoms with Gasteiger partial charge < -0.3 is 9.47 Å². The number of benzene rings is 1. The van der Waals surface area contributed by atoms with Gasteiger partial charge in [-0.25, -0.2) is 0 Å². The Morgan fingerprint density at radius 1 is 1.20 bits per heavy atom. The minimum absolute atomic E-state index is 0.502. The lowest BCUT2D eigenvalue weighted by atomic mass is 9.98. The van der Waals surface area contributed by atoms with Crippen LogP contribution in [0.1, 0.15) is 24.8 Å². The Morgan fingerprint density at radius 2 is 1.87 bits per heavy atom. The molecular weight excluding hydrogens is 208 g/mol. The van der Waals surface area contributed by atoms with Crippen LogP contribution in [0.3, 0.4) is 0 Å². The molecule has 0 bridgehead atoms. The average molecular weight is 226 g/mol. The van der Waals surface area contributed by atoms with Gasteiger partial charge in [0.2, 0.25) is 0 Å². The fourth-order valence-electron chi connectivity index (χ4n) is 1.52. The molecule has 1 unspecified atom stereocenters. The highest BCUT2D eigenvalue weighted by Crippen LogP contribution is 2.31. The third kappa shape index (κ3) is 3.06. The molecule has 15 heavy (non-hydrogen) atoms. The van der Waals surface area contributed by atoms with Crippen molar-refractivity contribution in [2.24, 2.45) is 0 Å². The van der Waals surface area contributed by atoms with E-state index in [1.165, 1.54) is 5.56 Å². The van der Waals surface area contributed by atoms with E-state index in [4.69, 9.17) is 9.47 Å². The lowest BCUT2D eigenvalue weighted by Crippen LogP contribution is -1.97. The molecule has 84 valence electrons. The Hall–Kier alpha value is -0.830. The first-order valence-electron chi connectivity index (χ1n) is 5.05. The van der Waals surface area contributed by atoms with E-state index in [2.05, 4.69) is 25.6 Å². The van der Waals surface area contributed by atoms with Crippen LogP contribution in [0.15, 0.2) is 18.2 Å². The average Bonchev–Trinajstić information content (AvgIpc) is 2.28. The summed E-state index contributed by atoms with van der Waals surface area (Å²) < 4.78 is 10.5. The van der Waals surface area contributed by atoms with Gasteiger partial charge in [-0.1, -0.05) is 13.0 Å². The second kappa shape index (κ2) is 5.91. The van der Waals surface area contributed by atoms with Crippen molar-refractivity contribution in [2.45, 2.75) is 19.3 Å². The number of thiol groups is 1. The van der Waals surface area contributed by atoms with E-state index in [0.717, 1.165) is 23.7 Å². The summed E-state index contributed by atoms with van der Waals surface area (Å²) in [6.07, 6.45) is 1.07. The summed E-state index contributed by atoms with van der Waals surface area (Å²) in [6.45, 7) is 2.19. The van der Waals surface area contributed by atoms with Crippen LogP contribution in [0.2, 0.25) is 0 Å². The van der Waals surface area contributed by atoms with Crippen LogP contribution < -0.4 is 9.47 Å². The van der Waals surface area contributed by atoms with Gasteiger partial charge in [-0.05, 0) is 35.8 Å². The van der Waals surface area contributed by atoms with Gasteiger partial charge in [-0.15, -0.1) is 0 Å². The molecule has 0 aliphatic rings. The van der Waals surface area contributed by atoms with Gasteiger partial charge >= 0.3 is 0 Å². The van der Waals surface area contributed by atoms with Crippen molar-refractivity contribution in [3.63, 3.8) is 0 Å². The van der Waals surface area contributed by atoms with Gasteiger partial charge in [0.1, 0.15) is 0 Å². The van der Waals surface area contributed by atoms with Gasteiger partial charge in [-0.3, -0.25) is 0 Å². The molecule has 0 saturated heterocycles. The van der Waals surface area contributed by atoms with Gasteiger partial charge in [0, 0.05) is 0 Å². The van der Waals surface area contributed by atoms with Gasteiger partial charge in [-0.2, -0.15) is 12.6 Å². The SMILES string of the molecule is COc1ccc(C(C)CCS)cc1OC. The molecule has 0 spiro atoms. The van der Waals surface area contributed by atoms with Crippen molar-refractivity contribution in [1.82, 2.24) is 0 Å². The Bertz CT molecular complexity index is 312. The third-order valence-electron chi connectivity index (χ3n) is 2.54. The van der Waals surface area contributed by atoms with E-state index < -0.39 is 0 Å². The van der Waals surface area contributed by atoms with E-state index in [1.54, 1.807) is 14.2 Å². The second-order valence-electron chi connectivity index (χ2n) is 3.53. The van der Waals surface area contributed by atoms with Crippen LogP contribution in [0.25, 0.3) is 0 Å². The molecule has 1 atom stereocenters. The molecule has 0 amide bonds. The molecule has 1 aromatic carbocycles. The Balaban J connectivity index is 2.92. The second-order valence-corrected chi connectivity index (χ2v) is 3.97. The topological polar surface area (TPSA) is 18.5 Å². The quantitative estimate of drug-likeness (QED) is 0.778. The maximum Gasteiger partial charge on any atom is 0.160 e. The number of methoxy groups -OCH3 is 2. The Morgan fingerprint density at radius 3 is 2.40 bits per heavy atom. The van der Waals surface area contributed by atoms with Gasteiger partial charge in [0.25, 0.3) is 0 Å². The summed E-state index contributed by atoms with van der Waals surface area (Å²) >= 11 is 4.24. The number of hydrogen-bond donors (Lipinski definition) is 1. The van der Waals surface area contributed by atoms with Crippen molar-refractivity contribution < 1.29 is 9.47 Å². The molecule has 0 fully saturated rings. The Labute approximate surface area is 97.0 Å². The molecule has 0 aliphatic heterocycles. The summed E-state index contributed by atoms with van der Waals surface area (Å²) in [6, 6.07) is 6.06. The van der Waals surface area contributed by atoms with Crippen LogP contribution >= 0.6 is 12.6 Å². The highest BCUT2D eigenvalue weighted by molar-refractivity contribution is 7.80. The summed E-state index contributed by atoms with van der Waals surface area (Å²) in [7, 11) is 3.31. The molecule has 0 N–H and O–H groups in total. The fraction of sp³-hybridized carbons (Fsp3) is 0.500. The van der Waals surface area contributed by atoms with Crippen LogP contribution in [-0.2, 0) is 0 Å². The standard InChI is InChI=1S/C12H18O2S/c1-9(6-7-15)10-4-5-11(13-2)12(8-10)14-3/h4-5,8-9,15H,6-7H2,1-3H3. The maximum atomic E-state index is 5.26. The van der Waals surface area contributed by atoms with E-state index in [-0.39, 0.29) is 0 Å². The zero-order valence-corrected chi connectivity index (χ0v) is 10.4. The molecule has 0 saturated carbocycles. The van der Waals surface area contributed by atoms with Gasteiger partial charge in [0.05, 0.1) is 14.2 Å². The maximum absolute atomic E-state index is 5.26. The summed E-state index contributed by atoms with van der Waals surface area (Å²) in [5.74, 6) is 2.97. The number of rotatable bonds is 5. The van der Waals surface area contributed by atoms with Crippen molar-refractivity contribution >= 4 is 12.6 Å². The first kappa shape index (κ1) is 12.2. The molecular formula is C12H18O2S. The number of hydrogen-bond acceptors (Lipinski definition) is 3. The first-order valence-corrected chi connectivity index (χ1v) is 5.69. The zero-order valence-electron chi connectivity index (χ0n) is 9.49. The fourth-order valence-corrected chi connectivity index (χ4v) is 1.91. The molecule has 0 aliphatic carbocycles. The van der Waals surface area contributed by atoms with E-state index >= 15 is 0 Å². The van der Waals surface area contributed by atoms with Crippen molar-refractivity contribution in [3.8, 4) is 11.5 Å². The molecule has 0 aromatic heterocycles. The molecule has 2 nitrogen and oxygen atoms in total. The smallest absolute Gasteiger partial charge is 0.160 e. The summed E-state index contributed by atoms with van der Waals surface area (Å²) in [5.41, 5.74) is 1.27. The molecule has 0 heterocycles. The lowest BCUT2D eigenvalue weighted by molar-refractivity contribution is 0.354. The largest absolute Gasteiger partial charge is 0.493 e. The third-order valence-corrected chi connectivity index (χ3v) is 2.80. The van der Waals surface area contributed by atoms with Crippen LogP contribution in [0.4, 0.5) is 0 Å². The van der Waals surface area contributed by atoms with E-state index in [0.29, 0.717) is 5.92 Å². The van der Waals surface area contributed by atoms with E-state index in [1.807, 2.05) is 12.1 Å². The summed E-state index contributed by atoms with van der Waals surface area (Å²) in [5, 5.41) is 0. The van der Waals surface area contributed by atoms with Crippen LogP contribution in [-0.4, -0.2) is 20.0 Å². The molecule has 0 radical (unpaired) electrons. The van der Waals surface area contributed by atoms with E-state index in [9.17, 15) is 0 Å². The van der Waals surface area contributed by atoms with Crippen LogP contribution in [0, 0.1) is 0 Å². The predicted molar refractivity (Wildman–Crippen MR) is 66.4 cm³/mol. The zero-order chi connectivity index (χ0) is 11.3. The molecule has 3 heteroatoms. The molecule has 1 rings (SSSR count). The first-order chi connectivity index (χ1) is 7.22. The molecule has 1 aromatic rings. The normalized spacial score (nSPS) is 12.3.